The molecule has 0 aliphatic rings. The van der Waals surface area contributed by atoms with Gasteiger partial charge in [0.2, 0.25) is 10.0 Å². The van der Waals surface area contributed by atoms with Crippen molar-refractivity contribution in [3.63, 3.8) is 0 Å². The van der Waals surface area contributed by atoms with E-state index in [4.69, 9.17) is 4.74 Å². The molecule has 1 aromatic heterocycles. The number of halogens is 1. The second-order valence-corrected chi connectivity index (χ2v) is 5.61. The Morgan fingerprint density at radius 1 is 1.56 bits per heavy atom. The van der Waals surface area contributed by atoms with E-state index < -0.39 is 10.0 Å². The Bertz CT molecular complexity index is 418. The van der Waals surface area contributed by atoms with E-state index in [9.17, 15) is 8.42 Å². The number of hydrogen-bond donors (Lipinski definition) is 1. The maximum atomic E-state index is 11.6. The third kappa shape index (κ3) is 4.20. The summed E-state index contributed by atoms with van der Waals surface area (Å²) < 4.78 is 32.3. The highest BCUT2D eigenvalue weighted by Gasteiger charge is 2.14. The Labute approximate surface area is 103 Å². The molecule has 6 nitrogen and oxygen atoms in total. The first-order valence-corrected chi connectivity index (χ1v) is 7.29. The summed E-state index contributed by atoms with van der Waals surface area (Å²) in [5.74, 6) is 0. The molecular weight excluding hydrogens is 298 g/mol. The van der Waals surface area contributed by atoms with Crippen LogP contribution in [-0.4, -0.2) is 43.3 Å². The second-order valence-electron chi connectivity index (χ2n) is 3.05. The maximum absolute atomic E-state index is 11.6. The lowest BCUT2D eigenvalue weighted by molar-refractivity contribution is 0.156. The van der Waals surface area contributed by atoms with E-state index in [0.29, 0.717) is 13.2 Å². The van der Waals surface area contributed by atoms with Crippen molar-refractivity contribution in [3.8, 4) is 0 Å². The van der Waals surface area contributed by atoms with Gasteiger partial charge in [-0.3, -0.25) is 4.68 Å². The fourth-order valence-corrected chi connectivity index (χ4v) is 2.25. The lowest BCUT2D eigenvalue weighted by atomic mass is 10.7. The number of nitrogens with zero attached hydrogens (tertiary/aromatic N) is 2. The van der Waals surface area contributed by atoms with Crippen LogP contribution < -0.4 is 4.72 Å². The molecule has 1 rings (SSSR count). The number of aromatic nitrogens is 2. The first-order chi connectivity index (χ1) is 7.56. The molecule has 0 unspecified atom stereocenters. The van der Waals surface area contributed by atoms with Crippen molar-refractivity contribution >= 4 is 26.0 Å². The number of sulfonamides is 1. The van der Waals surface area contributed by atoms with Crippen LogP contribution in [0, 0.1) is 0 Å². The first-order valence-electron chi connectivity index (χ1n) is 4.68. The summed E-state index contributed by atoms with van der Waals surface area (Å²) in [6.07, 6.45) is 2.75. The van der Waals surface area contributed by atoms with Gasteiger partial charge in [-0.2, -0.15) is 5.10 Å². The minimum atomic E-state index is -3.45. The van der Waals surface area contributed by atoms with Crippen molar-refractivity contribution in [2.75, 3.05) is 25.1 Å². The molecule has 92 valence electrons. The Hall–Kier alpha value is -0.440. The number of alkyl halides is 1. The molecule has 0 aliphatic heterocycles. The summed E-state index contributed by atoms with van der Waals surface area (Å²) in [6.45, 7) is 1.17. The summed E-state index contributed by atoms with van der Waals surface area (Å²) in [5.41, 5.74) is 0. The Kier molecular flexibility index (Phi) is 5.39. The van der Waals surface area contributed by atoms with Crippen molar-refractivity contribution in [1.29, 1.82) is 0 Å². The number of ether oxygens (including phenoxy) is 1. The SMILES string of the molecule is Cn1cc(S(=O)(=O)NCCOCCBr)cn1. The quantitative estimate of drug-likeness (QED) is 0.573. The Morgan fingerprint density at radius 3 is 2.88 bits per heavy atom. The average molecular weight is 312 g/mol. The average Bonchev–Trinajstić information content (AvgIpc) is 2.65. The second kappa shape index (κ2) is 6.33. The molecule has 8 heteroatoms. The van der Waals surface area contributed by atoms with E-state index in [-0.39, 0.29) is 11.4 Å². The molecular formula is C8H14BrN3O3S. The van der Waals surface area contributed by atoms with Gasteiger partial charge in [0.05, 0.1) is 19.4 Å². The Morgan fingerprint density at radius 2 is 2.31 bits per heavy atom. The van der Waals surface area contributed by atoms with Gasteiger partial charge in [-0.15, -0.1) is 0 Å². The summed E-state index contributed by atoms with van der Waals surface area (Å²) in [7, 11) is -1.79. The fourth-order valence-electron chi connectivity index (χ4n) is 1.03. The van der Waals surface area contributed by atoms with Crippen molar-refractivity contribution < 1.29 is 13.2 Å². The largest absolute Gasteiger partial charge is 0.379 e. The van der Waals surface area contributed by atoms with E-state index in [1.54, 1.807) is 7.05 Å². The lowest BCUT2D eigenvalue weighted by Gasteiger charge is -2.04. The number of nitrogens with one attached hydrogen (secondary N) is 1. The molecule has 0 saturated carbocycles. The molecule has 0 fully saturated rings. The van der Waals surface area contributed by atoms with Crippen LogP contribution in [-0.2, 0) is 21.8 Å². The molecule has 0 bridgehead atoms. The van der Waals surface area contributed by atoms with Crippen LogP contribution in [0.25, 0.3) is 0 Å². The molecule has 1 N–H and O–H groups in total. The topological polar surface area (TPSA) is 73.2 Å². The van der Waals surface area contributed by atoms with Gasteiger partial charge >= 0.3 is 0 Å². The van der Waals surface area contributed by atoms with Gasteiger partial charge in [-0.25, -0.2) is 13.1 Å². The van der Waals surface area contributed by atoms with E-state index in [0.717, 1.165) is 5.33 Å². The number of rotatable bonds is 7. The predicted molar refractivity (Wildman–Crippen MR) is 63.0 cm³/mol. The number of aryl methyl sites for hydroxylation is 1. The highest BCUT2D eigenvalue weighted by Crippen LogP contribution is 2.04. The van der Waals surface area contributed by atoms with Gasteiger partial charge in [0, 0.05) is 25.1 Å². The molecule has 1 heterocycles. The third-order valence-electron chi connectivity index (χ3n) is 1.75. The van der Waals surface area contributed by atoms with Crippen LogP contribution in [0.4, 0.5) is 0 Å². The summed E-state index contributed by atoms with van der Waals surface area (Å²) in [4.78, 5) is 0.162. The maximum Gasteiger partial charge on any atom is 0.243 e. The summed E-state index contributed by atoms with van der Waals surface area (Å²) in [5, 5.41) is 4.54. The van der Waals surface area contributed by atoms with Gasteiger partial charge in [0.25, 0.3) is 0 Å². The summed E-state index contributed by atoms with van der Waals surface area (Å²) >= 11 is 3.21. The van der Waals surface area contributed by atoms with Crippen LogP contribution in [0.5, 0.6) is 0 Å². The molecule has 0 aromatic carbocycles. The normalized spacial score (nSPS) is 11.9. The molecule has 0 amide bonds. The zero-order chi connectivity index (χ0) is 12.0. The van der Waals surface area contributed by atoms with Gasteiger partial charge in [-0.05, 0) is 0 Å². The molecule has 16 heavy (non-hydrogen) atoms. The minimum absolute atomic E-state index is 0.162. The first kappa shape index (κ1) is 13.6. The highest BCUT2D eigenvalue weighted by molar-refractivity contribution is 9.09. The van der Waals surface area contributed by atoms with Crippen LogP contribution in [0.3, 0.4) is 0 Å². The van der Waals surface area contributed by atoms with Crippen molar-refractivity contribution in [1.82, 2.24) is 14.5 Å². The molecule has 0 radical (unpaired) electrons. The zero-order valence-electron chi connectivity index (χ0n) is 8.89. The number of hydrogen-bond acceptors (Lipinski definition) is 4. The van der Waals surface area contributed by atoms with Gasteiger partial charge < -0.3 is 4.74 Å². The van der Waals surface area contributed by atoms with E-state index >= 15 is 0 Å². The van der Waals surface area contributed by atoms with Crippen molar-refractivity contribution in [2.24, 2.45) is 7.05 Å². The fraction of sp³-hybridized carbons (Fsp3) is 0.625. The zero-order valence-corrected chi connectivity index (χ0v) is 11.3. The molecule has 0 saturated heterocycles. The van der Waals surface area contributed by atoms with Gasteiger partial charge in [0.1, 0.15) is 4.90 Å². The smallest absolute Gasteiger partial charge is 0.243 e. The van der Waals surface area contributed by atoms with Gasteiger partial charge in [0.15, 0.2) is 0 Å². The van der Waals surface area contributed by atoms with E-state index in [1.807, 2.05) is 0 Å². The Balaban J connectivity index is 2.41. The van der Waals surface area contributed by atoms with Crippen LogP contribution in [0.2, 0.25) is 0 Å². The van der Waals surface area contributed by atoms with Gasteiger partial charge in [-0.1, -0.05) is 15.9 Å². The van der Waals surface area contributed by atoms with Crippen LogP contribution in [0.1, 0.15) is 0 Å². The third-order valence-corrected chi connectivity index (χ3v) is 3.49. The standard InChI is InChI=1S/C8H14BrN3O3S/c1-12-7-8(6-10-12)16(13,14)11-3-5-15-4-2-9/h6-7,11H,2-5H2,1H3. The van der Waals surface area contributed by atoms with Crippen LogP contribution in [0.15, 0.2) is 17.3 Å². The highest BCUT2D eigenvalue weighted by atomic mass is 79.9. The molecule has 0 atom stereocenters. The molecule has 0 spiro atoms. The van der Waals surface area contributed by atoms with Crippen molar-refractivity contribution in [3.05, 3.63) is 12.4 Å². The van der Waals surface area contributed by atoms with E-state index in [1.165, 1.54) is 17.1 Å². The summed E-state index contributed by atoms with van der Waals surface area (Å²) in [6, 6.07) is 0. The van der Waals surface area contributed by atoms with E-state index in [2.05, 4.69) is 25.8 Å². The molecule has 1 aromatic rings. The lowest BCUT2D eigenvalue weighted by Crippen LogP contribution is -2.27. The van der Waals surface area contributed by atoms with Crippen molar-refractivity contribution in [2.45, 2.75) is 4.90 Å². The monoisotopic (exact) mass is 311 g/mol. The predicted octanol–water partition coefficient (Wildman–Crippen LogP) is 0.110. The molecule has 0 aliphatic carbocycles. The minimum Gasteiger partial charge on any atom is -0.379 e. The van der Waals surface area contributed by atoms with Crippen LogP contribution >= 0.6 is 15.9 Å².